The van der Waals surface area contributed by atoms with E-state index in [9.17, 15) is 4.79 Å². The molecule has 0 spiro atoms. The van der Waals surface area contributed by atoms with Crippen LogP contribution in [0.15, 0.2) is 34.9 Å². The molecule has 6 nitrogen and oxygen atoms in total. The molecule has 0 unspecified atom stereocenters. The normalized spacial score (nSPS) is 15.0. The Hall–Kier alpha value is -2.89. The number of pyridine rings is 1. The van der Waals surface area contributed by atoms with Crippen LogP contribution >= 0.6 is 0 Å². The average Bonchev–Trinajstić information content (AvgIpc) is 3.13. The zero-order valence-corrected chi connectivity index (χ0v) is 16.6. The van der Waals surface area contributed by atoms with E-state index in [0.717, 1.165) is 24.2 Å². The second-order valence-corrected chi connectivity index (χ2v) is 7.44. The lowest BCUT2D eigenvalue weighted by molar-refractivity contribution is 0.0698. The summed E-state index contributed by atoms with van der Waals surface area (Å²) in [5, 5.41) is 4.74. The molecule has 4 rings (SSSR count). The molecule has 6 heteroatoms. The summed E-state index contributed by atoms with van der Waals surface area (Å²) in [4.78, 5) is 19.9. The molecule has 2 heterocycles. The molecule has 1 amide bonds. The first kappa shape index (κ1) is 18.5. The maximum atomic E-state index is 13.4. The van der Waals surface area contributed by atoms with E-state index in [2.05, 4.69) is 10.1 Å². The van der Waals surface area contributed by atoms with Gasteiger partial charge in [-0.3, -0.25) is 4.79 Å². The SMILES string of the molecule is COc1ccc(-c2cc(C(=O)N(C)C3CCCCC3)c3c(C)noc3n2)cc1. The fraction of sp³-hybridized carbons (Fsp3) is 0.409. The Balaban J connectivity index is 1.77. The van der Waals surface area contributed by atoms with Gasteiger partial charge in [0.05, 0.1) is 29.4 Å². The van der Waals surface area contributed by atoms with E-state index in [4.69, 9.17) is 9.26 Å². The summed E-state index contributed by atoms with van der Waals surface area (Å²) in [7, 11) is 3.54. The number of nitrogens with zero attached hydrogens (tertiary/aromatic N) is 3. The molecule has 28 heavy (non-hydrogen) atoms. The minimum atomic E-state index is 0.000335. The first-order valence-electron chi connectivity index (χ1n) is 9.77. The topological polar surface area (TPSA) is 68.5 Å². The fourth-order valence-corrected chi connectivity index (χ4v) is 4.00. The van der Waals surface area contributed by atoms with Crippen LogP contribution in [0.25, 0.3) is 22.4 Å². The standard InChI is InChI=1S/C22H25N3O3/c1-14-20-18(22(26)25(2)16-7-5-4-6-8-16)13-19(23-21(20)28-24-14)15-9-11-17(27-3)12-10-15/h9-13,16H,4-8H2,1-3H3. The van der Waals surface area contributed by atoms with E-state index in [1.54, 1.807) is 7.11 Å². The summed E-state index contributed by atoms with van der Waals surface area (Å²) in [6.07, 6.45) is 5.73. The molecule has 1 aromatic carbocycles. The van der Waals surface area contributed by atoms with Gasteiger partial charge in [-0.15, -0.1) is 0 Å². The van der Waals surface area contributed by atoms with Crippen molar-refractivity contribution in [3.8, 4) is 17.0 Å². The van der Waals surface area contributed by atoms with Gasteiger partial charge in [-0.2, -0.15) is 0 Å². The van der Waals surface area contributed by atoms with Crippen molar-refractivity contribution in [2.75, 3.05) is 14.2 Å². The van der Waals surface area contributed by atoms with E-state index in [-0.39, 0.29) is 11.9 Å². The summed E-state index contributed by atoms with van der Waals surface area (Å²) in [6, 6.07) is 9.75. The second-order valence-electron chi connectivity index (χ2n) is 7.44. The third-order valence-corrected chi connectivity index (χ3v) is 5.68. The van der Waals surface area contributed by atoms with Crippen LogP contribution < -0.4 is 4.74 Å². The molecule has 3 aromatic rings. The molecular formula is C22H25N3O3. The lowest BCUT2D eigenvalue weighted by atomic mass is 9.94. The van der Waals surface area contributed by atoms with Crippen LogP contribution in [0.5, 0.6) is 5.75 Å². The summed E-state index contributed by atoms with van der Waals surface area (Å²) >= 11 is 0. The van der Waals surface area contributed by atoms with Crippen LogP contribution in [-0.2, 0) is 0 Å². The van der Waals surface area contributed by atoms with Crippen molar-refractivity contribution in [2.24, 2.45) is 0 Å². The van der Waals surface area contributed by atoms with Crippen molar-refractivity contribution < 1.29 is 14.1 Å². The van der Waals surface area contributed by atoms with E-state index >= 15 is 0 Å². The first-order chi connectivity index (χ1) is 13.6. The number of aromatic nitrogens is 2. The molecule has 146 valence electrons. The highest BCUT2D eigenvalue weighted by Crippen LogP contribution is 2.30. The van der Waals surface area contributed by atoms with E-state index in [1.165, 1.54) is 19.3 Å². The summed E-state index contributed by atoms with van der Waals surface area (Å²) in [6.45, 7) is 1.85. The highest BCUT2D eigenvalue weighted by molar-refractivity contribution is 6.07. The molecule has 0 atom stereocenters. The molecule has 1 fully saturated rings. The monoisotopic (exact) mass is 379 g/mol. The van der Waals surface area contributed by atoms with Crippen LogP contribution in [0.3, 0.4) is 0 Å². The zero-order valence-electron chi connectivity index (χ0n) is 16.6. The Morgan fingerprint density at radius 1 is 1.18 bits per heavy atom. The smallest absolute Gasteiger partial charge is 0.259 e. The summed E-state index contributed by atoms with van der Waals surface area (Å²) < 4.78 is 10.6. The maximum absolute atomic E-state index is 13.4. The number of benzene rings is 1. The van der Waals surface area contributed by atoms with Gasteiger partial charge < -0.3 is 14.2 Å². The Labute approximate surface area is 164 Å². The van der Waals surface area contributed by atoms with E-state index < -0.39 is 0 Å². The molecule has 1 saturated carbocycles. The van der Waals surface area contributed by atoms with E-state index in [0.29, 0.717) is 28.1 Å². The molecule has 0 N–H and O–H groups in total. The molecule has 0 aliphatic heterocycles. The highest BCUT2D eigenvalue weighted by Gasteiger charge is 2.27. The second kappa shape index (κ2) is 7.62. The number of hydrogen-bond acceptors (Lipinski definition) is 5. The number of carbonyl (C=O) groups is 1. The van der Waals surface area contributed by atoms with Crippen molar-refractivity contribution in [1.82, 2.24) is 15.0 Å². The summed E-state index contributed by atoms with van der Waals surface area (Å²) in [5.41, 5.74) is 3.26. The third kappa shape index (κ3) is 3.35. The van der Waals surface area contributed by atoms with E-state index in [1.807, 2.05) is 49.2 Å². The van der Waals surface area contributed by atoms with Gasteiger partial charge in [0.25, 0.3) is 11.6 Å². The Bertz CT molecular complexity index is 988. The predicted molar refractivity (Wildman–Crippen MR) is 107 cm³/mol. The van der Waals surface area contributed by atoms with Crippen molar-refractivity contribution in [3.63, 3.8) is 0 Å². The van der Waals surface area contributed by atoms with Gasteiger partial charge >= 0.3 is 0 Å². The van der Waals surface area contributed by atoms with Gasteiger partial charge in [-0.25, -0.2) is 4.98 Å². The van der Waals surface area contributed by atoms with Gasteiger partial charge in [-0.1, -0.05) is 24.4 Å². The Morgan fingerprint density at radius 2 is 1.89 bits per heavy atom. The lowest BCUT2D eigenvalue weighted by Crippen LogP contribution is -2.38. The molecule has 0 saturated heterocycles. The van der Waals surface area contributed by atoms with Gasteiger partial charge in [0.15, 0.2) is 0 Å². The maximum Gasteiger partial charge on any atom is 0.259 e. The number of carbonyl (C=O) groups excluding carboxylic acids is 1. The van der Waals surface area contributed by atoms with Crippen molar-refractivity contribution in [2.45, 2.75) is 45.1 Å². The number of amides is 1. The molecule has 1 aliphatic rings. The Morgan fingerprint density at radius 3 is 2.57 bits per heavy atom. The van der Waals surface area contributed by atoms with Gasteiger partial charge in [0.2, 0.25) is 0 Å². The number of methoxy groups -OCH3 is 1. The molecule has 0 bridgehead atoms. The Kier molecular flexibility index (Phi) is 5.03. The van der Waals surface area contributed by atoms with Crippen LogP contribution in [0.4, 0.5) is 0 Å². The van der Waals surface area contributed by atoms with Gasteiger partial charge in [-0.05, 0) is 50.1 Å². The minimum Gasteiger partial charge on any atom is -0.497 e. The minimum absolute atomic E-state index is 0.000335. The van der Waals surface area contributed by atoms with Gasteiger partial charge in [0.1, 0.15) is 5.75 Å². The molecule has 1 aliphatic carbocycles. The number of rotatable bonds is 4. The quantitative estimate of drug-likeness (QED) is 0.662. The zero-order chi connectivity index (χ0) is 19.7. The largest absolute Gasteiger partial charge is 0.497 e. The van der Waals surface area contributed by atoms with Crippen LogP contribution in [0.2, 0.25) is 0 Å². The first-order valence-corrected chi connectivity index (χ1v) is 9.77. The lowest BCUT2D eigenvalue weighted by Gasteiger charge is -2.31. The average molecular weight is 379 g/mol. The number of aryl methyl sites for hydroxylation is 1. The fourth-order valence-electron chi connectivity index (χ4n) is 4.00. The van der Waals surface area contributed by atoms with Crippen molar-refractivity contribution >= 4 is 17.0 Å². The van der Waals surface area contributed by atoms with Crippen LogP contribution in [-0.4, -0.2) is 41.1 Å². The van der Waals surface area contributed by atoms with Crippen LogP contribution in [0, 0.1) is 6.92 Å². The number of hydrogen-bond donors (Lipinski definition) is 0. The number of ether oxygens (including phenoxy) is 1. The van der Waals surface area contributed by atoms with Gasteiger partial charge in [0, 0.05) is 18.7 Å². The number of fused-ring (bicyclic) bond motifs is 1. The van der Waals surface area contributed by atoms with Crippen LogP contribution in [0.1, 0.15) is 48.2 Å². The molecule has 0 radical (unpaired) electrons. The summed E-state index contributed by atoms with van der Waals surface area (Å²) in [5.74, 6) is 0.772. The third-order valence-electron chi connectivity index (χ3n) is 5.68. The molecule has 2 aromatic heterocycles. The predicted octanol–water partition coefficient (Wildman–Crippen LogP) is 4.61. The highest BCUT2D eigenvalue weighted by atomic mass is 16.5. The molecular weight excluding hydrogens is 354 g/mol. The van der Waals surface area contributed by atoms with Crippen molar-refractivity contribution in [3.05, 3.63) is 41.6 Å². The van der Waals surface area contributed by atoms with Crippen molar-refractivity contribution in [1.29, 1.82) is 0 Å².